The van der Waals surface area contributed by atoms with Crippen LogP contribution in [0.3, 0.4) is 0 Å². The predicted octanol–water partition coefficient (Wildman–Crippen LogP) is 2.56. The summed E-state index contributed by atoms with van der Waals surface area (Å²) < 4.78 is 5.38. The molecule has 0 saturated heterocycles. The van der Waals surface area contributed by atoms with Gasteiger partial charge in [-0.2, -0.15) is 5.10 Å². The molecular formula is C18H19N3O3. The van der Waals surface area contributed by atoms with Crippen LogP contribution in [-0.2, 0) is 9.59 Å². The van der Waals surface area contributed by atoms with Crippen LogP contribution in [0, 0.1) is 0 Å². The lowest BCUT2D eigenvalue weighted by Gasteiger charge is -2.04. The average molecular weight is 325 g/mol. The van der Waals surface area contributed by atoms with E-state index in [2.05, 4.69) is 15.8 Å². The van der Waals surface area contributed by atoms with Gasteiger partial charge in [0.2, 0.25) is 11.8 Å². The zero-order valence-electron chi connectivity index (χ0n) is 13.4. The summed E-state index contributed by atoms with van der Waals surface area (Å²) in [6.45, 7) is 2.48. The van der Waals surface area contributed by atoms with Gasteiger partial charge in [-0.25, -0.2) is 5.43 Å². The van der Waals surface area contributed by atoms with Gasteiger partial charge in [-0.05, 0) is 36.8 Å². The summed E-state index contributed by atoms with van der Waals surface area (Å²) in [5, 5.41) is 6.48. The second kappa shape index (κ2) is 9.09. The maximum atomic E-state index is 11.7. The molecule has 0 bridgehead atoms. The highest BCUT2D eigenvalue weighted by molar-refractivity contribution is 6.03. The third-order valence-electron chi connectivity index (χ3n) is 2.95. The molecule has 2 aromatic carbocycles. The lowest BCUT2D eigenvalue weighted by Crippen LogP contribution is -2.24. The van der Waals surface area contributed by atoms with E-state index in [1.807, 2.05) is 31.2 Å². The van der Waals surface area contributed by atoms with E-state index >= 15 is 0 Å². The molecule has 24 heavy (non-hydrogen) atoms. The van der Waals surface area contributed by atoms with E-state index in [4.69, 9.17) is 4.74 Å². The van der Waals surface area contributed by atoms with Crippen LogP contribution in [0.4, 0.5) is 5.69 Å². The van der Waals surface area contributed by atoms with Crippen molar-refractivity contribution in [1.82, 2.24) is 5.43 Å². The summed E-state index contributed by atoms with van der Waals surface area (Å²) in [5.41, 5.74) is 3.76. The number of carbonyl (C=O) groups excluding carboxylic acids is 2. The summed E-state index contributed by atoms with van der Waals surface area (Å²) in [6.07, 6.45) is 1.20. The number of ether oxygens (including phenoxy) is 1. The van der Waals surface area contributed by atoms with Crippen LogP contribution in [0.15, 0.2) is 59.7 Å². The number of hydrazone groups is 1. The molecule has 0 fully saturated rings. The number of anilines is 1. The molecule has 124 valence electrons. The summed E-state index contributed by atoms with van der Waals surface area (Å²) in [7, 11) is 0. The highest BCUT2D eigenvalue weighted by atomic mass is 16.5. The molecule has 2 rings (SSSR count). The fraction of sp³-hybridized carbons (Fsp3) is 0.167. The standard InChI is InChI=1S/C18H19N3O3/c1-2-24-16-10-6-7-14(11-16)13-19-21-18(23)12-17(22)20-15-8-4-3-5-9-15/h3-11,13H,2,12H2,1H3,(H,20,22)(H,21,23). The van der Waals surface area contributed by atoms with Gasteiger partial charge in [-0.1, -0.05) is 30.3 Å². The molecule has 0 spiro atoms. The lowest BCUT2D eigenvalue weighted by atomic mass is 10.2. The monoisotopic (exact) mass is 325 g/mol. The first kappa shape index (κ1) is 17.2. The lowest BCUT2D eigenvalue weighted by molar-refractivity contribution is -0.126. The second-order valence-electron chi connectivity index (χ2n) is 4.89. The van der Waals surface area contributed by atoms with Crippen molar-refractivity contribution in [3.8, 4) is 5.75 Å². The van der Waals surface area contributed by atoms with Gasteiger partial charge in [0.25, 0.3) is 0 Å². The number of hydrogen-bond acceptors (Lipinski definition) is 4. The number of benzene rings is 2. The Morgan fingerprint density at radius 3 is 2.62 bits per heavy atom. The molecule has 0 aromatic heterocycles. The van der Waals surface area contributed by atoms with E-state index in [1.165, 1.54) is 6.21 Å². The Kier molecular flexibility index (Phi) is 6.52. The van der Waals surface area contributed by atoms with E-state index in [9.17, 15) is 9.59 Å². The van der Waals surface area contributed by atoms with Crippen molar-refractivity contribution >= 4 is 23.7 Å². The molecule has 0 heterocycles. The molecule has 0 aliphatic heterocycles. The molecule has 2 aromatic rings. The number of carbonyl (C=O) groups is 2. The SMILES string of the molecule is CCOc1cccc(C=NNC(=O)CC(=O)Nc2ccccc2)c1. The van der Waals surface area contributed by atoms with Crippen LogP contribution in [0.2, 0.25) is 0 Å². The third kappa shape index (κ3) is 5.92. The quantitative estimate of drug-likeness (QED) is 0.466. The number of para-hydroxylation sites is 1. The Morgan fingerprint density at radius 2 is 1.88 bits per heavy atom. The van der Waals surface area contributed by atoms with Crippen molar-refractivity contribution in [2.24, 2.45) is 5.10 Å². The van der Waals surface area contributed by atoms with Crippen molar-refractivity contribution in [3.63, 3.8) is 0 Å². The maximum absolute atomic E-state index is 11.7. The summed E-state index contributed by atoms with van der Waals surface area (Å²) in [6, 6.07) is 16.3. The average Bonchev–Trinajstić information content (AvgIpc) is 2.56. The van der Waals surface area contributed by atoms with Crippen molar-refractivity contribution < 1.29 is 14.3 Å². The van der Waals surface area contributed by atoms with Gasteiger partial charge in [-0.3, -0.25) is 9.59 Å². The molecule has 0 saturated carbocycles. The molecule has 0 aliphatic carbocycles. The zero-order chi connectivity index (χ0) is 17.2. The fourth-order valence-electron chi connectivity index (χ4n) is 1.94. The van der Waals surface area contributed by atoms with Gasteiger partial charge >= 0.3 is 0 Å². The second-order valence-corrected chi connectivity index (χ2v) is 4.89. The molecule has 2 N–H and O–H groups in total. The van der Waals surface area contributed by atoms with E-state index in [0.29, 0.717) is 12.3 Å². The first-order valence-corrected chi connectivity index (χ1v) is 7.57. The Morgan fingerprint density at radius 1 is 1.08 bits per heavy atom. The van der Waals surface area contributed by atoms with E-state index < -0.39 is 11.8 Å². The predicted molar refractivity (Wildman–Crippen MR) is 93.0 cm³/mol. The van der Waals surface area contributed by atoms with E-state index in [-0.39, 0.29) is 6.42 Å². The minimum Gasteiger partial charge on any atom is -0.494 e. The van der Waals surface area contributed by atoms with Crippen LogP contribution in [0.25, 0.3) is 0 Å². The van der Waals surface area contributed by atoms with Gasteiger partial charge in [0, 0.05) is 5.69 Å². The Balaban J connectivity index is 1.80. The summed E-state index contributed by atoms with van der Waals surface area (Å²) >= 11 is 0. The van der Waals surface area contributed by atoms with Crippen LogP contribution >= 0.6 is 0 Å². The number of nitrogens with zero attached hydrogens (tertiary/aromatic N) is 1. The molecule has 0 unspecified atom stereocenters. The van der Waals surface area contributed by atoms with Gasteiger partial charge in [0.05, 0.1) is 12.8 Å². The normalized spacial score (nSPS) is 10.4. The molecule has 6 heteroatoms. The van der Waals surface area contributed by atoms with Crippen molar-refractivity contribution in [2.75, 3.05) is 11.9 Å². The Bertz CT molecular complexity index is 714. The molecule has 0 atom stereocenters. The number of nitrogens with one attached hydrogen (secondary N) is 2. The Hall–Kier alpha value is -3.15. The molecule has 0 radical (unpaired) electrons. The first-order chi connectivity index (χ1) is 11.7. The van der Waals surface area contributed by atoms with Crippen molar-refractivity contribution in [3.05, 3.63) is 60.2 Å². The highest BCUT2D eigenvalue weighted by Gasteiger charge is 2.08. The number of amides is 2. The maximum Gasteiger partial charge on any atom is 0.249 e. The van der Waals surface area contributed by atoms with Crippen molar-refractivity contribution in [1.29, 1.82) is 0 Å². The zero-order valence-corrected chi connectivity index (χ0v) is 13.4. The smallest absolute Gasteiger partial charge is 0.249 e. The topological polar surface area (TPSA) is 79.8 Å². The fourth-order valence-corrected chi connectivity index (χ4v) is 1.94. The van der Waals surface area contributed by atoms with Gasteiger partial charge < -0.3 is 10.1 Å². The first-order valence-electron chi connectivity index (χ1n) is 7.57. The molecule has 2 amide bonds. The van der Waals surface area contributed by atoms with E-state index in [1.54, 1.807) is 30.3 Å². The molecular weight excluding hydrogens is 306 g/mol. The molecule has 6 nitrogen and oxygen atoms in total. The van der Waals surface area contributed by atoms with Gasteiger partial charge in [0.15, 0.2) is 0 Å². The summed E-state index contributed by atoms with van der Waals surface area (Å²) in [4.78, 5) is 23.4. The van der Waals surface area contributed by atoms with Crippen LogP contribution in [0.5, 0.6) is 5.75 Å². The van der Waals surface area contributed by atoms with Crippen molar-refractivity contribution in [2.45, 2.75) is 13.3 Å². The van der Waals surface area contributed by atoms with Gasteiger partial charge in [-0.15, -0.1) is 0 Å². The van der Waals surface area contributed by atoms with Gasteiger partial charge in [0.1, 0.15) is 12.2 Å². The highest BCUT2D eigenvalue weighted by Crippen LogP contribution is 2.11. The number of hydrogen-bond donors (Lipinski definition) is 2. The largest absolute Gasteiger partial charge is 0.494 e. The van der Waals surface area contributed by atoms with Crippen LogP contribution < -0.4 is 15.5 Å². The molecule has 0 aliphatic rings. The van der Waals surface area contributed by atoms with E-state index in [0.717, 1.165) is 11.3 Å². The Labute approximate surface area is 140 Å². The minimum atomic E-state index is -0.486. The van der Waals surface area contributed by atoms with Crippen LogP contribution in [0.1, 0.15) is 18.9 Å². The van der Waals surface area contributed by atoms with Crippen LogP contribution in [-0.4, -0.2) is 24.6 Å². The minimum absolute atomic E-state index is 0.300. The summed E-state index contributed by atoms with van der Waals surface area (Å²) in [5.74, 6) is -0.150. The number of rotatable bonds is 7. The third-order valence-corrected chi connectivity index (χ3v) is 2.95.